The average molecular weight is 615 g/mol. The van der Waals surface area contributed by atoms with Gasteiger partial charge in [0.2, 0.25) is 11.8 Å². The number of aromatic nitrogens is 6. The molecule has 0 radical (unpaired) electrons. The van der Waals surface area contributed by atoms with E-state index in [0.717, 1.165) is 42.4 Å². The predicted molar refractivity (Wildman–Crippen MR) is 174 cm³/mol. The molecule has 0 saturated heterocycles. The molecule has 0 spiro atoms. The van der Waals surface area contributed by atoms with E-state index >= 15 is 0 Å². The summed E-state index contributed by atoms with van der Waals surface area (Å²) in [6.07, 6.45) is 11.7. The van der Waals surface area contributed by atoms with Gasteiger partial charge in [-0.15, -0.1) is 0 Å². The lowest BCUT2D eigenvalue weighted by molar-refractivity contribution is 0.240. The van der Waals surface area contributed by atoms with Crippen LogP contribution in [0, 0.1) is 11.3 Å². The number of aryl methyl sites for hydroxylation is 1. The average Bonchev–Trinajstić information content (AvgIpc) is 3.55. The standard InChI is InChI=1S/C34H34N10O2/c1-43-22-26(21-40-43)24-10-15-30(37-19-24)44(34(45)39-18-23-7-4-3-5-8-23)28-13-11-27(12-14-28)41-33-38-20-25(17-35)31(42-33)29-9-6-16-36-32(29)46-2/h3-10,15-16,19-22,27-28H,11-14,18H2,1-2H3,(H,39,45)(H,38,41,42). The van der Waals surface area contributed by atoms with Gasteiger partial charge in [-0.25, -0.2) is 24.7 Å². The Morgan fingerprint density at radius 2 is 1.83 bits per heavy atom. The Labute approximate surface area is 267 Å². The van der Waals surface area contributed by atoms with Crippen LogP contribution in [0.2, 0.25) is 0 Å². The van der Waals surface area contributed by atoms with Crippen molar-refractivity contribution in [2.45, 2.75) is 44.3 Å². The summed E-state index contributed by atoms with van der Waals surface area (Å²) in [4.78, 5) is 33.6. The van der Waals surface area contributed by atoms with Crippen molar-refractivity contribution in [3.8, 4) is 34.3 Å². The summed E-state index contributed by atoms with van der Waals surface area (Å²) in [6.45, 7) is 0.418. The minimum Gasteiger partial charge on any atom is -0.481 e. The second-order valence-electron chi connectivity index (χ2n) is 11.1. The molecular weight excluding hydrogens is 580 g/mol. The van der Waals surface area contributed by atoms with Crippen LogP contribution in [0.1, 0.15) is 36.8 Å². The Bertz CT molecular complexity index is 1830. The Balaban J connectivity index is 1.18. The molecular formula is C34H34N10O2. The van der Waals surface area contributed by atoms with E-state index < -0.39 is 0 Å². The smallest absolute Gasteiger partial charge is 0.323 e. The van der Waals surface area contributed by atoms with Gasteiger partial charge in [0, 0.05) is 55.4 Å². The van der Waals surface area contributed by atoms with Crippen LogP contribution in [0.3, 0.4) is 0 Å². The van der Waals surface area contributed by atoms with Crippen LogP contribution in [0.15, 0.2) is 85.6 Å². The number of rotatable bonds is 9. The largest absolute Gasteiger partial charge is 0.481 e. The highest BCUT2D eigenvalue weighted by Gasteiger charge is 2.31. The Morgan fingerprint density at radius 1 is 1.00 bits per heavy atom. The summed E-state index contributed by atoms with van der Waals surface area (Å²) in [5.41, 5.74) is 4.33. The highest BCUT2D eigenvalue weighted by atomic mass is 16.5. The van der Waals surface area contributed by atoms with Crippen molar-refractivity contribution >= 4 is 17.8 Å². The molecule has 12 nitrogen and oxygen atoms in total. The number of ether oxygens (including phenoxy) is 1. The number of pyridine rings is 2. The van der Waals surface area contributed by atoms with E-state index in [0.29, 0.717) is 41.0 Å². The minimum atomic E-state index is -0.188. The molecule has 6 rings (SSSR count). The zero-order valence-electron chi connectivity index (χ0n) is 25.7. The van der Waals surface area contributed by atoms with E-state index in [9.17, 15) is 10.1 Å². The fourth-order valence-corrected chi connectivity index (χ4v) is 5.72. The molecule has 0 unspecified atom stereocenters. The summed E-state index contributed by atoms with van der Waals surface area (Å²) in [5, 5.41) is 20.5. The van der Waals surface area contributed by atoms with Crippen LogP contribution in [-0.2, 0) is 13.6 Å². The Hall–Kier alpha value is -5.83. The molecule has 1 aromatic carbocycles. The van der Waals surface area contributed by atoms with Crippen LogP contribution in [0.5, 0.6) is 5.88 Å². The topological polar surface area (TPSA) is 147 Å². The molecule has 4 heterocycles. The van der Waals surface area contributed by atoms with Gasteiger partial charge in [-0.1, -0.05) is 30.3 Å². The maximum absolute atomic E-state index is 13.7. The second kappa shape index (κ2) is 13.9. The van der Waals surface area contributed by atoms with Crippen LogP contribution >= 0.6 is 0 Å². The first-order valence-electron chi connectivity index (χ1n) is 15.1. The number of nitrogens with zero attached hydrogens (tertiary/aromatic N) is 8. The zero-order valence-corrected chi connectivity index (χ0v) is 25.7. The zero-order chi connectivity index (χ0) is 31.9. The fourth-order valence-electron chi connectivity index (χ4n) is 5.72. The van der Waals surface area contributed by atoms with Crippen LogP contribution in [0.25, 0.3) is 22.4 Å². The summed E-state index contributed by atoms with van der Waals surface area (Å²) in [5.74, 6) is 1.41. The number of amides is 2. The van der Waals surface area contributed by atoms with Gasteiger partial charge in [0.1, 0.15) is 11.9 Å². The number of nitriles is 1. The van der Waals surface area contributed by atoms with Crippen molar-refractivity contribution in [3.63, 3.8) is 0 Å². The van der Waals surface area contributed by atoms with Crippen molar-refractivity contribution < 1.29 is 9.53 Å². The third-order valence-electron chi connectivity index (χ3n) is 8.06. The van der Waals surface area contributed by atoms with Crippen molar-refractivity contribution in [2.75, 3.05) is 17.3 Å². The van der Waals surface area contributed by atoms with Gasteiger partial charge >= 0.3 is 6.03 Å². The number of carbonyl (C=O) groups excluding carboxylic acids is 1. The molecule has 1 fully saturated rings. The van der Waals surface area contributed by atoms with Gasteiger partial charge in [0.25, 0.3) is 0 Å². The SMILES string of the molecule is COc1ncccc1-c1nc(NC2CCC(N(C(=O)NCc3ccccc3)c3ccc(-c4cnn(C)c4)cn3)CC2)ncc1C#N. The molecule has 2 N–H and O–H groups in total. The number of anilines is 2. The van der Waals surface area contributed by atoms with E-state index in [-0.39, 0.29) is 18.1 Å². The molecule has 232 valence electrons. The molecule has 0 atom stereocenters. The number of hydrogen-bond donors (Lipinski definition) is 2. The second-order valence-corrected chi connectivity index (χ2v) is 11.1. The molecule has 5 aromatic rings. The van der Waals surface area contributed by atoms with Crippen molar-refractivity contribution in [1.29, 1.82) is 5.26 Å². The first kappa shape index (κ1) is 30.2. The van der Waals surface area contributed by atoms with Gasteiger partial charge in [0.05, 0.1) is 36.3 Å². The third-order valence-corrected chi connectivity index (χ3v) is 8.06. The number of methoxy groups -OCH3 is 1. The molecule has 2 amide bonds. The maximum atomic E-state index is 13.7. The molecule has 1 aliphatic carbocycles. The maximum Gasteiger partial charge on any atom is 0.323 e. The van der Waals surface area contributed by atoms with Crippen LogP contribution < -0.4 is 20.3 Å². The molecule has 4 aromatic heterocycles. The van der Waals surface area contributed by atoms with Gasteiger partial charge in [0.15, 0.2) is 0 Å². The van der Waals surface area contributed by atoms with Gasteiger partial charge in [-0.05, 0) is 55.5 Å². The molecule has 12 heteroatoms. The first-order chi connectivity index (χ1) is 22.5. The van der Waals surface area contributed by atoms with Crippen molar-refractivity contribution in [1.82, 2.24) is 35.0 Å². The van der Waals surface area contributed by atoms with E-state index in [1.54, 1.807) is 34.2 Å². The number of hydrogen-bond acceptors (Lipinski definition) is 9. The minimum absolute atomic E-state index is 0.0531. The van der Waals surface area contributed by atoms with E-state index in [2.05, 4.69) is 36.8 Å². The number of nitrogens with one attached hydrogen (secondary N) is 2. The van der Waals surface area contributed by atoms with Crippen molar-refractivity contribution in [2.24, 2.45) is 7.05 Å². The van der Waals surface area contributed by atoms with Gasteiger partial charge in [-0.3, -0.25) is 9.58 Å². The number of benzene rings is 1. The van der Waals surface area contributed by atoms with Crippen LogP contribution in [-0.4, -0.2) is 54.9 Å². The normalized spacial score (nSPS) is 15.8. The molecule has 46 heavy (non-hydrogen) atoms. The molecule has 0 bridgehead atoms. The summed E-state index contributed by atoms with van der Waals surface area (Å²) in [6, 6.07) is 19.3. The number of urea groups is 1. The predicted octanol–water partition coefficient (Wildman–Crippen LogP) is 5.35. The number of carbonyl (C=O) groups is 1. The molecule has 0 aliphatic heterocycles. The quantitative estimate of drug-likeness (QED) is 0.224. The first-order valence-corrected chi connectivity index (χ1v) is 15.1. The van der Waals surface area contributed by atoms with Crippen LogP contribution in [0.4, 0.5) is 16.6 Å². The lowest BCUT2D eigenvalue weighted by Crippen LogP contribution is -2.49. The van der Waals surface area contributed by atoms with Gasteiger partial charge in [-0.2, -0.15) is 10.4 Å². The summed E-state index contributed by atoms with van der Waals surface area (Å²) >= 11 is 0. The highest BCUT2D eigenvalue weighted by Crippen LogP contribution is 2.32. The lowest BCUT2D eigenvalue weighted by Gasteiger charge is -2.36. The lowest BCUT2D eigenvalue weighted by atomic mass is 9.90. The molecule has 1 aliphatic rings. The fraction of sp³-hybridized carbons (Fsp3) is 0.265. The highest BCUT2D eigenvalue weighted by molar-refractivity contribution is 5.91. The third kappa shape index (κ3) is 6.78. The van der Waals surface area contributed by atoms with E-state index in [1.807, 2.05) is 61.8 Å². The van der Waals surface area contributed by atoms with Crippen molar-refractivity contribution in [3.05, 3.63) is 96.7 Å². The van der Waals surface area contributed by atoms with E-state index in [1.165, 1.54) is 13.3 Å². The summed E-state index contributed by atoms with van der Waals surface area (Å²) < 4.78 is 7.15. The van der Waals surface area contributed by atoms with Gasteiger partial charge < -0.3 is 15.4 Å². The monoisotopic (exact) mass is 614 g/mol. The Kier molecular flexibility index (Phi) is 9.10. The Morgan fingerprint density at radius 3 is 2.52 bits per heavy atom. The summed E-state index contributed by atoms with van der Waals surface area (Å²) in [7, 11) is 3.41. The van der Waals surface area contributed by atoms with E-state index in [4.69, 9.17) is 9.72 Å². The molecule has 1 saturated carbocycles.